The lowest BCUT2D eigenvalue weighted by atomic mass is 10.3. The van der Waals surface area contributed by atoms with Crippen LogP contribution in [0, 0.1) is 0 Å². The number of ether oxygens (including phenoxy) is 1. The van der Waals surface area contributed by atoms with E-state index >= 15 is 0 Å². The molecule has 0 saturated carbocycles. The molecule has 1 aromatic carbocycles. The zero-order valence-corrected chi connectivity index (χ0v) is 10.8. The van der Waals surface area contributed by atoms with Crippen molar-refractivity contribution in [1.82, 2.24) is 0 Å². The number of rotatable bonds is 6. The molecule has 0 fully saturated rings. The van der Waals surface area contributed by atoms with E-state index in [1.54, 1.807) is 30.2 Å². The van der Waals surface area contributed by atoms with Gasteiger partial charge in [-0.1, -0.05) is 23.2 Å². The number of hydrogen-bond acceptors (Lipinski definition) is 4. The topological polar surface area (TPSA) is 52.6 Å². The quantitative estimate of drug-likeness (QED) is 0.784. The fourth-order valence-electron chi connectivity index (χ4n) is 1.34. The van der Waals surface area contributed by atoms with Crippen LogP contribution in [-0.2, 0) is 9.53 Å². The molecule has 0 aliphatic heterocycles. The maximum absolute atomic E-state index is 10.6. The number of carbonyl (C=O) groups excluding carboxylic acids is 1. The van der Waals surface area contributed by atoms with Crippen molar-refractivity contribution in [3.05, 3.63) is 28.2 Å². The minimum atomic E-state index is -1.16. The van der Waals surface area contributed by atoms with Crippen LogP contribution in [0.4, 0.5) is 5.69 Å². The van der Waals surface area contributed by atoms with Gasteiger partial charge in [-0.05, 0) is 18.2 Å². The Kier molecular flexibility index (Phi) is 5.55. The van der Waals surface area contributed by atoms with Crippen LogP contribution < -0.4 is 10.0 Å². The fraction of sp³-hybridized carbons (Fsp3) is 0.364. The molecule has 17 heavy (non-hydrogen) atoms. The molecule has 0 aliphatic carbocycles. The number of aliphatic carboxylic acids is 1. The Morgan fingerprint density at radius 1 is 1.41 bits per heavy atom. The van der Waals surface area contributed by atoms with E-state index in [9.17, 15) is 9.90 Å². The molecule has 6 heteroatoms. The van der Waals surface area contributed by atoms with Gasteiger partial charge in [-0.25, -0.2) is 0 Å². The molecule has 0 aromatic heterocycles. The van der Waals surface area contributed by atoms with Crippen LogP contribution in [0.3, 0.4) is 0 Å². The molecule has 0 amide bonds. The number of halogens is 2. The summed E-state index contributed by atoms with van der Waals surface area (Å²) >= 11 is 11.7. The summed E-state index contributed by atoms with van der Waals surface area (Å²) in [5.74, 6) is -1.16. The number of methoxy groups -OCH3 is 1. The summed E-state index contributed by atoms with van der Waals surface area (Å²) in [6.07, 6.45) is 0. The molecule has 0 heterocycles. The van der Waals surface area contributed by atoms with Gasteiger partial charge in [0.15, 0.2) is 0 Å². The number of anilines is 1. The van der Waals surface area contributed by atoms with Crippen molar-refractivity contribution in [2.24, 2.45) is 0 Å². The van der Waals surface area contributed by atoms with Gasteiger partial charge in [0.1, 0.15) is 0 Å². The highest BCUT2D eigenvalue weighted by molar-refractivity contribution is 6.42. The van der Waals surface area contributed by atoms with Gasteiger partial charge in [0.2, 0.25) is 0 Å². The van der Waals surface area contributed by atoms with E-state index in [2.05, 4.69) is 0 Å². The number of carboxylic acids is 1. The number of hydrogen-bond donors (Lipinski definition) is 0. The maximum Gasteiger partial charge on any atom is 0.0637 e. The fourth-order valence-corrected chi connectivity index (χ4v) is 1.63. The lowest BCUT2D eigenvalue weighted by Crippen LogP contribution is -2.39. The molecule has 0 saturated heterocycles. The molecule has 0 spiro atoms. The Hall–Kier alpha value is -0.970. The standard InChI is InChI=1S/C11H13Cl2NO3/c1-17-5-4-14(7-11(15)16)8-2-3-9(12)10(13)6-8/h2-3,6H,4-5,7H2,1H3,(H,15,16)/p-1. The summed E-state index contributed by atoms with van der Waals surface area (Å²) in [6.45, 7) is 0.622. The summed E-state index contributed by atoms with van der Waals surface area (Å²) < 4.78 is 4.92. The first-order valence-electron chi connectivity index (χ1n) is 4.93. The largest absolute Gasteiger partial charge is 0.548 e. The van der Waals surface area contributed by atoms with Gasteiger partial charge >= 0.3 is 0 Å². The number of benzene rings is 1. The predicted octanol–water partition coefficient (Wildman–Crippen LogP) is 1.20. The molecule has 1 aromatic rings. The smallest absolute Gasteiger partial charge is 0.0637 e. The van der Waals surface area contributed by atoms with Crippen LogP contribution in [0.2, 0.25) is 10.0 Å². The molecule has 4 nitrogen and oxygen atoms in total. The Labute approximate surface area is 110 Å². The zero-order valence-electron chi connectivity index (χ0n) is 9.28. The summed E-state index contributed by atoms with van der Waals surface area (Å²) in [5, 5.41) is 11.5. The van der Waals surface area contributed by atoms with Gasteiger partial charge in [0.05, 0.1) is 29.2 Å². The van der Waals surface area contributed by atoms with E-state index in [4.69, 9.17) is 27.9 Å². The molecule has 94 valence electrons. The second-order valence-electron chi connectivity index (χ2n) is 3.38. The van der Waals surface area contributed by atoms with Gasteiger partial charge < -0.3 is 19.5 Å². The van der Waals surface area contributed by atoms with Crippen molar-refractivity contribution >= 4 is 34.9 Å². The lowest BCUT2D eigenvalue weighted by molar-refractivity contribution is -0.303. The first kappa shape index (κ1) is 14.1. The maximum atomic E-state index is 10.6. The van der Waals surface area contributed by atoms with E-state index in [0.717, 1.165) is 0 Å². The normalized spacial score (nSPS) is 10.3. The first-order valence-corrected chi connectivity index (χ1v) is 5.69. The van der Waals surface area contributed by atoms with E-state index in [1.165, 1.54) is 0 Å². The summed E-state index contributed by atoms with van der Waals surface area (Å²) in [4.78, 5) is 12.2. The first-order chi connectivity index (χ1) is 8.04. The van der Waals surface area contributed by atoms with E-state index < -0.39 is 5.97 Å². The minimum absolute atomic E-state index is 0.221. The summed E-state index contributed by atoms with van der Waals surface area (Å²) in [7, 11) is 1.55. The van der Waals surface area contributed by atoms with Crippen LogP contribution in [-0.4, -0.2) is 32.8 Å². The molecular formula is C11H12Cl2NO3-. The minimum Gasteiger partial charge on any atom is -0.548 e. The third-order valence-electron chi connectivity index (χ3n) is 2.15. The molecule has 0 radical (unpaired) electrons. The molecule has 0 aliphatic rings. The van der Waals surface area contributed by atoms with Crippen molar-refractivity contribution < 1.29 is 14.6 Å². The van der Waals surface area contributed by atoms with Crippen LogP contribution >= 0.6 is 23.2 Å². The second-order valence-corrected chi connectivity index (χ2v) is 4.20. The molecule has 0 unspecified atom stereocenters. The van der Waals surface area contributed by atoms with Crippen molar-refractivity contribution in [2.75, 3.05) is 31.7 Å². The van der Waals surface area contributed by atoms with Gasteiger partial charge in [0, 0.05) is 19.3 Å². The van der Waals surface area contributed by atoms with E-state index in [0.29, 0.717) is 28.9 Å². The second kappa shape index (κ2) is 6.69. The highest BCUT2D eigenvalue weighted by Crippen LogP contribution is 2.27. The van der Waals surface area contributed by atoms with Crippen LogP contribution in [0.1, 0.15) is 0 Å². The molecule has 1 rings (SSSR count). The van der Waals surface area contributed by atoms with E-state index in [-0.39, 0.29) is 6.54 Å². The highest BCUT2D eigenvalue weighted by Gasteiger charge is 2.08. The van der Waals surface area contributed by atoms with Crippen molar-refractivity contribution in [3.63, 3.8) is 0 Å². The van der Waals surface area contributed by atoms with E-state index in [1.807, 2.05) is 0 Å². The summed E-state index contributed by atoms with van der Waals surface area (Å²) in [6, 6.07) is 4.93. The number of nitrogens with zero attached hydrogens (tertiary/aromatic N) is 1. The monoisotopic (exact) mass is 276 g/mol. The Balaban J connectivity index is 2.86. The number of carbonyl (C=O) groups is 1. The third kappa shape index (κ3) is 4.42. The van der Waals surface area contributed by atoms with Crippen molar-refractivity contribution in [2.45, 2.75) is 0 Å². The Bertz CT molecular complexity index is 398. The van der Waals surface area contributed by atoms with Gasteiger partial charge in [-0.15, -0.1) is 0 Å². The lowest BCUT2D eigenvalue weighted by Gasteiger charge is -2.25. The van der Waals surface area contributed by atoms with Crippen LogP contribution in [0.5, 0.6) is 0 Å². The SMILES string of the molecule is COCCN(CC(=O)[O-])c1ccc(Cl)c(Cl)c1. The van der Waals surface area contributed by atoms with Gasteiger partial charge in [-0.2, -0.15) is 0 Å². The molecule has 0 bridgehead atoms. The zero-order chi connectivity index (χ0) is 12.8. The van der Waals surface area contributed by atoms with Crippen LogP contribution in [0.25, 0.3) is 0 Å². The van der Waals surface area contributed by atoms with Crippen molar-refractivity contribution in [1.29, 1.82) is 0 Å². The average Bonchev–Trinajstić information content (AvgIpc) is 2.27. The third-order valence-corrected chi connectivity index (χ3v) is 2.89. The Morgan fingerprint density at radius 3 is 2.65 bits per heavy atom. The molecule has 0 atom stereocenters. The van der Waals surface area contributed by atoms with Gasteiger partial charge in [-0.3, -0.25) is 0 Å². The van der Waals surface area contributed by atoms with Crippen LogP contribution in [0.15, 0.2) is 18.2 Å². The van der Waals surface area contributed by atoms with Gasteiger partial charge in [0.25, 0.3) is 0 Å². The molecular weight excluding hydrogens is 265 g/mol. The highest BCUT2D eigenvalue weighted by atomic mass is 35.5. The number of carboxylic acid groups (broad SMARTS) is 1. The van der Waals surface area contributed by atoms with Crippen molar-refractivity contribution in [3.8, 4) is 0 Å². The Morgan fingerprint density at radius 2 is 2.12 bits per heavy atom. The molecule has 0 N–H and O–H groups in total. The predicted molar refractivity (Wildman–Crippen MR) is 65.6 cm³/mol. The summed E-state index contributed by atoms with van der Waals surface area (Å²) in [5.41, 5.74) is 0.667. The average molecular weight is 277 g/mol.